The minimum absolute atomic E-state index is 0.0412. The van der Waals surface area contributed by atoms with Gasteiger partial charge in [-0.25, -0.2) is 0 Å². The third kappa shape index (κ3) is 16.7. The third-order valence-corrected chi connectivity index (χ3v) is 17.9. The second-order valence-corrected chi connectivity index (χ2v) is 23.8. The number of unbranched alkanes of at least 4 members (excludes halogenated alkanes) is 2. The van der Waals surface area contributed by atoms with Gasteiger partial charge in [0, 0.05) is 59.0 Å². The molecule has 12 atom stereocenters. The van der Waals surface area contributed by atoms with E-state index in [1.165, 1.54) is 22.5 Å². The van der Waals surface area contributed by atoms with Crippen molar-refractivity contribution in [2.24, 2.45) is 29.6 Å². The van der Waals surface area contributed by atoms with Gasteiger partial charge in [0.2, 0.25) is 41.4 Å². The van der Waals surface area contributed by atoms with E-state index >= 15 is 0 Å². The Morgan fingerprint density at radius 3 is 1.99 bits per heavy atom. The van der Waals surface area contributed by atoms with Crippen LogP contribution in [-0.4, -0.2) is 155 Å². The number of thiol groups is 1. The summed E-state index contributed by atoms with van der Waals surface area (Å²) in [6.45, 7) is 24.1. The van der Waals surface area contributed by atoms with E-state index in [2.05, 4.69) is 24.5 Å². The molecule has 3 N–H and O–H groups in total. The van der Waals surface area contributed by atoms with Gasteiger partial charge in [-0.3, -0.25) is 38.5 Å². The highest BCUT2D eigenvalue weighted by Crippen LogP contribution is 2.40. The van der Waals surface area contributed by atoms with Gasteiger partial charge in [0.05, 0.1) is 54.7 Å². The number of nitrogens with one attached hydrogen (secondary N) is 2. The maximum Gasteiger partial charge on any atom is 0.245 e. The van der Waals surface area contributed by atoms with E-state index in [1.54, 1.807) is 44.9 Å². The van der Waals surface area contributed by atoms with E-state index in [0.29, 0.717) is 75.9 Å². The largest absolute Gasteiger partial charge is 0.386 e. The Labute approximate surface area is 462 Å². The Morgan fingerprint density at radius 1 is 0.829 bits per heavy atom. The first-order valence-electron chi connectivity index (χ1n) is 28.6. The van der Waals surface area contributed by atoms with E-state index in [4.69, 9.17) is 22.1 Å². The molecule has 1 aromatic carbocycles. The molecule has 0 saturated carbocycles. The Balaban J connectivity index is 1.68. The lowest BCUT2D eigenvalue weighted by molar-refractivity contribution is -0.148. The number of benzene rings is 1. The fraction of sp³-hybridized carbons (Fsp3) is 0.780. The van der Waals surface area contributed by atoms with Crippen molar-refractivity contribution in [3.05, 3.63) is 35.4 Å². The molecular weight excluding hydrogens is 985 g/mol. The number of carbonyl (C=O) groups is 7. The maximum absolute atomic E-state index is 14.7. The van der Waals surface area contributed by atoms with E-state index in [-0.39, 0.29) is 72.5 Å². The number of amides is 7. The van der Waals surface area contributed by atoms with Crippen LogP contribution in [0.15, 0.2) is 24.3 Å². The van der Waals surface area contributed by atoms with Gasteiger partial charge in [-0.15, -0.1) is 0 Å². The highest BCUT2D eigenvalue weighted by atomic mass is 32.1. The number of carbonyl (C=O) groups excluding carboxylic acids is 7. The van der Waals surface area contributed by atoms with Crippen molar-refractivity contribution in [2.75, 3.05) is 41.4 Å². The molecule has 432 valence electrons. The summed E-state index contributed by atoms with van der Waals surface area (Å²) >= 11 is 4.78. The van der Waals surface area contributed by atoms with E-state index in [9.17, 15) is 38.7 Å². The lowest BCUT2D eigenvalue weighted by Crippen LogP contribution is -2.60. The molecule has 17 heteroatoms. The molecule has 0 aromatic heterocycles. The summed E-state index contributed by atoms with van der Waals surface area (Å²) in [4.78, 5) is 103. The first kappa shape index (κ1) is 66.2. The zero-order valence-electron chi connectivity index (χ0n) is 49.4. The number of nitrogens with zero attached hydrogens (tertiary/aromatic N) is 4. The molecule has 16 nitrogen and oxygen atoms in total. The molecule has 1 aromatic rings. The highest BCUT2D eigenvalue weighted by Gasteiger charge is 2.48. The molecule has 2 saturated heterocycles. The Bertz CT molecular complexity index is 2050. The number of imide groups is 1. The van der Waals surface area contributed by atoms with Crippen LogP contribution < -0.4 is 10.6 Å². The predicted octanol–water partition coefficient (Wildman–Crippen LogP) is 8.10. The van der Waals surface area contributed by atoms with Crippen LogP contribution in [0.4, 0.5) is 0 Å². The average molecular weight is 1090 g/mol. The second kappa shape index (κ2) is 30.9. The number of methoxy groups -OCH3 is 2. The van der Waals surface area contributed by atoms with Crippen molar-refractivity contribution in [1.82, 2.24) is 30.2 Å². The monoisotopic (exact) mass is 1080 g/mol. The van der Waals surface area contributed by atoms with Gasteiger partial charge in [0.25, 0.3) is 0 Å². The van der Waals surface area contributed by atoms with E-state index < -0.39 is 71.0 Å². The summed E-state index contributed by atoms with van der Waals surface area (Å²) in [5.74, 6) is -3.27. The van der Waals surface area contributed by atoms with Crippen LogP contribution in [0.5, 0.6) is 0 Å². The van der Waals surface area contributed by atoms with E-state index in [1.807, 2.05) is 79.7 Å². The molecule has 0 spiro atoms. The molecule has 7 amide bonds. The van der Waals surface area contributed by atoms with Gasteiger partial charge in [-0.2, -0.15) is 12.6 Å². The maximum atomic E-state index is 14.7. The Morgan fingerprint density at radius 2 is 1.45 bits per heavy atom. The Kier molecular flexibility index (Phi) is 26.9. The molecule has 2 fully saturated rings. The van der Waals surface area contributed by atoms with Gasteiger partial charge >= 0.3 is 0 Å². The quantitative estimate of drug-likeness (QED) is 0.0311. The van der Waals surface area contributed by atoms with Crippen molar-refractivity contribution >= 4 is 54.0 Å². The normalized spacial score (nSPS) is 20.2. The van der Waals surface area contributed by atoms with Crippen LogP contribution in [0.3, 0.4) is 0 Å². The summed E-state index contributed by atoms with van der Waals surface area (Å²) in [6, 6.07) is 4.54. The van der Waals surface area contributed by atoms with Gasteiger partial charge in [0.15, 0.2) is 0 Å². The van der Waals surface area contributed by atoms with Gasteiger partial charge < -0.3 is 39.9 Å². The smallest absolute Gasteiger partial charge is 0.245 e. The zero-order valence-corrected chi connectivity index (χ0v) is 50.3. The molecular formula is C59H100N6O10S. The van der Waals surface area contributed by atoms with Crippen LogP contribution in [0.25, 0.3) is 0 Å². The first-order valence-corrected chi connectivity index (χ1v) is 29.1. The van der Waals surface area contributed by atoms with Crippen molar-refractivity contribution in [3.8, 4) is 0 Å². The summed E-state index contributed by atoms with van der Waals surface area (Å²) in [5.41, 5.74) is 1.92. The number of hydrogen-bond acceptors (Lipinski definition) is 11. The fourth-order valence-corrected chi connectivity index (χ4v) is 11.9. The van der Waals surface area contributed by atoms with Crippen molar-refractivity contribution in [3.63, 3.8) is 0 Å². The minimum atomic E-state index is -0.957. The standard InChI is InChI=1S/C59H100N6O10S/c1-17-25-39(10)42-28-30-43(31-29-42)53(69)41(12)60-55(70)40(11)54(75-16)45-26-24-33-64(45)49(68)35-46(74-15)52(38(9)18-2)63(14)58(73)50(36(5)6)61-56(71)51(37(7)8)62(13)47(66)27-22-21-23-32-65-48(67)34-44(57(65)72)59(76,19-3)20-4/h28-31,36-41,44-46,50-54,69,76H,17-27,32-35H2,1-16H3,(H,60,70)(H,61,71)/t38-,39?,40+,41+,44?,45-,46+,50-,51-,52-,53+,54+/m0/s1. The third-order valence-electron chi connectivity index (χ3n) is 17.0. The predicted molar refractivity (Wildman–Crippen MR) is 302 cm³/mol. The van der Waals surface area contributed by atoms with Gasteiger partial charge in [-0.05, 0) is 86.7 Å². The van der Waals surface area contributed by atoms with Crippen LogP contribution in [0.2, 0.25) is 0 Å². The lowest BCUT2D eigenvalue weighted by atomic mass is 9.85. The van der Waals surface area contributed by atoms with Crippen molar-refractivity contribution < 1.29 is 48.1 Å². The first-order chi connectivity index (χ1) is 35.8. The van der Waals surface area contributed by atoms with Crippen LogP contribution in [-0.2, 0) is 43.0 Å². The highest BCUT2D eigenvalue weighted by molar-refractivity contribution is 7.81. The number of aliphatic hydroxyl groups is 1. The summed E-state index contributed by atoms with van der Waals surface area (Å²) in [6.07, 6.45) is 5.25. The topological polar surface area (TPSA) is 195 Å². The molecule has 0 aliphatic carbocycles. The zero-order chi connectivity index (χ0) is 57.4. The SMILES string of the molecule is CCCC(C)c1ccc([C@H](O)[C@@H](C)NC(=O)[C@H](C)[C@@H](OC)[C@@H]2CCCN2C(=O)C[C@@H](OC)[C@H]([C@@H](C)CC)N(C)C(=O)[C@@H](NC(=O)[C@H](C(C)C)N(C)C(=O)CCCCCN2C(=O)CC(C(S)(CC)CC)C2=O)C(C)C)cc1. The average Bonchev–Trinajstić information content (AvgIpc) is 4.00. The summed E-state index contributed by atoms with van der Waals surface area (Å²) in [7, 11) is 6.37. The number of aliphatic hydroxyl groups excluding tert-OH is 1. The Hall–Kier alpha value is -4.06. The van der Waals surface area contributed by atoms with Gasteiger partial charge in [0.1, 0.15) is 12.1 Å². The molecule has 0 radical (unpaired) electrons. The molecule has 2 aliphatic rings. The van der Waals surface area contributed by atoms with Crippen molar-refractivity contribution in [2.45, 2.75) is 226 Å². The number of hydrogen-bond donors (Lipinski definition) is 4. The van der Waals surface area contributed by atoms with E-state index in [0.717, 1.165) is 12.8 Å². The second-order valence-electron chi connectivity index (χ2n) is 22.9. The molecule has 76 heavy (non-hydrogen) atoms. The number of likely N-dealkylation sites (N-methyl/N-ethyl adjacent to an activating group) is 2. The van der Waals surface area contributed by atoms with Crippen LogP contribution >= 0.6 is 12.6 Å². The molecule has 0 bridgehead atoms. The summed E-state index contributed by atoms with van der Waals surface area (Å²) in [5, 5.41) is 17.3. The lowest BCUT2D eigenvalue weighted by Gasteiger charge is -2.41. The molecule has 2 heterocycles. The molecule has 2 unspecified atom stereocenters. The van der Waals surface area contributed by atoms with Crippen LogP contribution in [0.1, 0.15) is 190 Å². The molecule has 3 rings (SSSR count). The minimum Gasteiger partial charge on any atom is -0.386 e. The van der Waals surface area contributed by atoms with Crippen molar-refractivity contribution in [1.29, 1.82) is 0 Å². The number of likely N-dealkylation sites (tertiary alicyclic amines) is 2. The fourth-order valence-electron chi connectivity index (χ4n) is 11.7. The van der Waals surface area contributed by atoms with Crippen LogP contribution in [0, 0.1) is 29.6 Å². The number of rotatable bonds is 32. The summed E-state index contributed by atoms with van der Waals surface area (Å²) < 4.78 is 11.6. The molecule has 2 aliphatic heterocycles. The van der Waals surface area contributed by atoms with Gasteiger partial charge in [-0.1, -0.05) is 120 Å². The number of ether oxygens (including phenoxy) is 2.